The minimum Gasteiger partial charge on any atom is -0.481 e. The maximum Gasteiger partial charge on any atom is 0.573 e. The Morgan fingerprint density at radius 3 is 2.21 bits per heavy atom. The van der Waals surface area contributed by atoms with E-state index in [9.17, 15) is 37.8 Å². The summed E-state index contributed by atoms with van der Waals surface area (Å²) in [5.74, 6) is -1.34. The Morgan fingerprint density at radius 1 is 0.918 bits per heavy atom. The number of ketones is 1. The van der Waals surface area contributed by atoms with Gasteiger partial charge < -0.3 is 24.6 Å². The monoisotopic (exact) mass is 859 g/mol. The highest BCUT2D eigenvalue weighted by molar-refractivity contribution is 6.02. The summed E-state index contributed by atoms with van der Waals surface area (Å²) in [5, 5.41) is 21.8. The van der Waals surface area contributed by atoms with Gasteiger partial charge in [0.2, 0.25) is 0 Å². The van der Waals surface area contributed by atoms with Crippen LogP contribution in [0.2, 0.25) is 0 Å². The predicted molar refractivity (Wildman–Crippen MR) is 228 cm³/mol. The fraction of sp³-hybridized carbons (Fsp3) is 0.776. The number of hydrogen-bond donors (Lipinski definition) is 2. The fourth-order valence-electron chi connectivity index (χ4n) is 14.0. The largest absolute Gasteiger partial charge is 0.573 e. The van der Waals surface area contributed by atoms with Crippen LogP contribution in [0.15, 0.2) is 35.4 Å². The molecule has 1 aromatic rings. The molecule has 5 aliphatic carbocycles. The second-order valence-corrected chi connectivity index (χ2v) is 22.2. The number of halogens is 3. The second kappa shape index (κ2) is 16.9. The summed E-state index contributed by atoms with van der Waals surface area (Å²) >= 11 is 0. The fourth-order valence-corrected chi connectivity index (χ4v) is 14.0. The maximum atomic E-state index is 14.8. The second-order valence-electron chi connectivity index (χ2n) is 22.2. The van der Waals surface area contributed by atoms with Gasteiger partial charge >= 0.3 is 18.3 Å². The first-order chi connectivity index (χ1) is 28.2. The lowest BCUT2D eigenvalue weighted by Gasteiger charge is -2.71. The van der Waals surface area contributed by atoms with Gasteiger partial charge in [-0.25, -0.2) is 0 Å². The van der Waals surface area contributed by atoms with Crippen LogP contribution in [0.3, 0.4) is 0 Å². The van der Waals surface area contributed by atoms with Crippen molar-refractivity contribution in [3.8, 4) is 5.75 Å². The Labute approximate surface area is 362 Å². The van der Waals surface area contributed by atoms with E-state index in [4.69, 9.17) is 4.74 Å². The minimum atomic E-state index is -4.80. The standard InChI is InChI=1S/C49H73F3N2O7/c1-29(2)39-40-32(41(42(39)57)34(55)28-54(24-23-53(10)11)27-30-13-12-14-31(25-30)61-49(50,51)52)17-21-47(8)33(40)15-16-36-46(7)20-19-37(60-38(56)26-44(3,4)43(58)59)45(5,6)35(46)18-22-48(36,47)9/h12-14,25,29,32-37,41,55H,15-24,26-28H2,1-11H3,(H,58,59)/t32?,33-,34+,35+,36-,37+,41-,46+,47-,48-/m1/s1. The van der Waals surface area contributed by atoms with Crippen molar-refractivity contribution < 1.29 is 47.2 Å². The number of carboxylic acid groups (broad SMARTS) is 1. The van der Waals surface area contributed by atoms with E-state index in [0.29, 0.717) is 37.0 Å². The molecule has 4 saturated carbocycles. The van der Waals surface area contributed by atoms with Gasteiger partial charge in [-0.2, -0.15) is 0 Å². The van der Waals surface area contributed by atoms with E-state index in [0.717, 1.165) is 56.9 Å². The molecule has 10 atom stereocenters. The molecule has 0 radical (unpaired) electrons. The van der Waals surface area contributed by atoms with Crippen LogP contribution in [0.1, 0.15) is 126 Å². The Morgan fingerprint density at radius 2 is 1.59 bits per heavy atom. The predicted octanol–water partition coefficient (Wildman–Crippen LogP) is 9.56. The van der Waals surface area contributed by atoms with Gasteiger partial charge in [0.05, 0.1) is 23.9 Å². The Hall–Kier alpha value is -2.96. The van der Waals surface area contributed by atoms with E-state index in [1.54, 1.807) is 26.0 Å². The molecule has 2 N–H and O–H groups in total. The molecule has 342 valence electrons. The molecule has 0 spiro atoms. The van der Waals surface area contributed by atoms with Crippen molar-refractivity contribution in [2.24, 2.45) is 62.6 Å². The van der Waals surface area contributed by atoms with Crippen LogP contribution in [-0.4, -0.2) is 90.0 Å². The Balaban J connectivity index is 1.23. The van der Waals surface area contributed by atoms with Crippen molar-refractivity contribution in [2.75, 3.05) is 33.7 Å². The van der Waals surface area contributed by atoms with E-state index in [1.807, 2.05) is 23.9 Å². The van der Waals surface area contributed by atoms with Crippen LogP contribution in [0.4, 0.5) is 13.2 Å². The summed E-state index contributed by atoms with van der Waals surface area (Å²) < 4.78 is 49.6. The Kier molecular flexibility index (Phi) is 13.1. The van der Waals surface area contributed by atoms with Crippen LogP contribution in [0.25, 0.3) is 0 Å². The van der Waals surface area contributed by atoms with E-state index >= 15 is 0 Å². The van der Waals surface area contributed by atoms with Gasteiger partial charge in [0.15, 0.2) is 5.78 Å². The third kappa shape index (κ3) is 8.81. The van der Waals surface area contributed by atoms with Gasteiger partial charge in [0.1, 0.15) is 11.9 Å². The van der Waals surface area contributed by atoms with E-state index < -0.39 is 35.7 Å². The summed E-state index contributed by atoms with van der Waals surface area (Å²) in [5.41, 5.74) is 1.27. The molecule has 0 heterocycles. The lowest BCUT2D eigenvalue weighted by Crippen LogP contribution is -2.65. The summed E-state index contributed by atoms with van der Waals surface area (Å²) in [4.78, 5) is 43.8. The number of alkyl halides is 3. The molecule has 61 heavy (non-hydrogen) atoms. The highest BCUT2D eigenvalue weighted by atomic mass is 19.4. The number of aliphatic carboxylic acids is 1. The Bertz CT molecular complexity index is 1860. The van der Waals surface area contributed by atoms with Crippen LogP contribution in [0, 0.1) is 62.6 Å². The number of Topliss-reactive ketones (excluding diaryl/α,β-unsaturated/α-hetero) is 1. The number of carbonyl (C=O) groups is 3. The van der Waals surface area contributed by atoms with Gasteiger partial charge in [-0.3, -0.25) is 19.3 Å². The van der Waals surface area contributed by atoms with E-state index in [-0.39, 0.29) is 70.0 Å². The van der Waals surface area contributed by atoms with Gasteiger partial charge in [-0.05, 0) is 148 Å². The third-order valence-corrected chi connectivity index (χ3v) is 17.1. The van der Waals surface area contributed by atoms with Gasteiger partial charge in [-0.1, -0.05) is 66.2 Å². The first-order valence-electron chi connectivity index (χ1n) is 22.8. The zero-order valence-electron chi connectivity index (χ0n) is 38.6. The molecule has 9 nitrogen and oxygen atoms in total. The van der Waals surface area contributed by atoms with E-state index in [2.05, 4.69) is 53.2 Å². The zero-order chi connectivity index (χ0) is 45.2. The maximum absolute atomic E-state index is 14.8. The number of esters is 1. The molecule has 12 heteroatoms. The third-order valence-electron chi connectivity index (χ3n) is 17.1. The number of rotatable bonds is 14. The average Bonchev–Trinajstić information content (AvgIpc) is 3.43. The molecule has 0 bridgehead atoms. The molecule has 1 aromatic carbocycles. The van der Waals surface area contributed by atoms with Crippen molar-refractivity contribution in [1.82, 2.24) is 9.80 Å². The first kappa shape index (κ1) is 47.5. The normalized spacial score (nSPS) is 34.2. The molecule has 0 amide bonds. The van der Waals surface area contributed by atoms with Gasteiger partial charge in [0.25, 0.3) is 0 Å². The first-order valence-corrected chi connectivity index (χ1v) is 22.8. The molecular formula is C49H73F3N2O7. The topological polar surface area (TPSA) is 117 Å². The lowest BCUT2D eigenvalue weighted by atomic mass is 9.33. The number of carbonyl (C=O) groups excluding carboxylic acids is 2. The summed E-state index contributed by atoms with van der Waals surface area (Å²) in [6, 6.07) is 5.97. The summed E-state index contributed by atoms with van der Waals surface area (Å²) in [7, 11) is 3.91. The van der Waals surface area contributed by atoms with Crippen LogP contribution in [-0.2, 0) is 25.7 Å². The van der Waals surface area contributed by atoms with Crippen molar-refractivity contribution in [3.63, 3.8) is 0 Å². The molecule has 6 rings (SSSR count). The number of aliphatic hydroxyl groups excluding tert-OH is 1. The number of aliphatic hydroxyl groups is 1. The van der Waals surface area contributed by atoms with Crippen LogP contribution in [0.5, 0.6) is 5.75 Å². The molecule has 0 aliphatic heterocycles. The molecule has 1 unspecified atom stereocenters. The van der Waals surface area contributed by atoms with Crippen LogP contribution >= 0.6 is 0 Å². The molecule has 5 aliphatic rings. The van der Waals surface area contributed by atoms with E-state index in [1.165, 1.54) is 17.7 Å². The SMILES string of the molecule is CC(C)C1=C2C(CC[C@]3(C)[C@@H]2CC[C@@H]2[C@@]4(C)CC[C@H](OC(=O)CC(C)(C)C(=O)O)C(C)(C)[C@@H]4CC[C@]23C)[C@H]([C@@H](O)CN(CCN(C)C)Cc2cccc(OC(F)(F)F)c2)C1=O. The van der Waals surface area contributed by atoms with Crippen molar-refractivity contribution in [2.45, 2.75) is 145 Å². The lowest BCUT2D eigenvalue weighted by molar-refractivity contribution is -0.274. The van der Waals surface area contributed by atoms with Crippen LogP contribution < -0.4 is 4.74 Å². The van der Waals surface area contributed by atoms with Gasteiger partial charge in [0, 0.05) is 31.6 Å². The summed E-state index contributed by atoms with van der Waals surface area (Å²) in [6.45, 7) is 21.0. The number of benzene rings is 1. The molecule has 4 fully saturated rings. The molecule has 0 saturated heterocycles. The van der Waals surface area contributed by atoms with Crippen molar-refractivity contribution in [3.05, 3.63) is 41.0 Å². The number of fused-ring (bicyclic) bond motifs is 7. The molecule has 0 aromatic heterocycles. The smallest absolute Gasteiger partial charge is 0.481 e. The number of likely N-dealkylation sites (N-methyl/N-ethyl adjacent to an activating group) is 1. The number of ether oxygens (including phenoxy) is 2. The highest BCUT2D eigenvalue weighted by Crippen LogP contribution is 2.76. The van der Waals surface area contributed by atoms with Crippen molar-refractivity contribution >= 4 is 17.7 Å². The number of carboxylic acids is 1. The number of nitrogens with zero attached hydrogens (tertiary/aromatic N) is 2. The number of allylic oxidation sites excluding steroid dienone is 2. The average molecular weight is 859 g/mol. The minimum absolute atomic E-state index is 0.000570. The zero-order valence-corrected chi connectivity index (χ0v) is 38.6. The van der Waals surface area contributed by atoms with Crippen molar-refractivity contribution in [1.29, 1.82) is 0 Å². The molecular weight excluding hydrogens is 786 g/mol. The summed E-state index contributed by atoms with van der Waals surface area (Å²) in [6.07, 6.45) is 1.30. The highest BCUT2D eigenvalue weighted by Gasteiger charge is 2.69. The van der Waals surface area contributed by atoms with Gasteiger partial charge in [-0.15, -0.1) is 13.2 Å². The quantitative estimate of drug-likeness (QED) is 0.177. The number of hydrogen-bond acceptors (Lipinski definition) is 8.